The normalized spacial score (nSPS) is 10.6. The first-order valence-corrected chi connectivity index (χ1v) is 9.42. The molecular weight excluding hydrogens is 358 g/mol. The maximum atomic E-state index is 12.2. The van der Waals surface area contributed by atoms with Crippen molar-refractivity contribution in [2.24, 2.45) is 7.05 Å². The van der Waals surface area contributed by atoms with Crippen molar-refractivity contribution in [3.63, 3.8) is 0 Å². The minimum absolute atomic E-state index is 0.225. The Morgan fingerprint density at radius 1 is 1.18 bits per heavy atom. The van der Waals surface area contributed by atoms with Crippen molar-refractivity contribution in [3.8, 4) is 5.75 Å². The van der Waals surface area contributed by atoms with E-state index < -0.39 is 0 Å². The van der Waals surface area contributed by atoms with Crippen molar-refractivity contribution in [1.29, 1.82) is 0 Å². The highest BCUT2D eigenvalue weighted by atomic mass is 16.5. The van der Waals surface area contributed by atoms with E-state index in [2.05, 4.69) is 5.10 Å². The highest BCUT2D eigenvalue weighted by Gasteiger charge is 2.15. The predicted octanol–water partition coefficient (Wildman–Crippen LogP) is 2.57. The zero-order valence-corrected chi connectivity index (χ0v) is 17.3. The Morgan fingerprint density at radius 2 is 1.86 bits per heavy atom. The molecule has 0 aliphatic carbocycles. The van der Waals surface area contributed by atoms with Gasteiger partial charge in [0.25, 0.3) is 5.91 Å². The molecule has 1 aromatic carbocycles. The number of ether oxygens (including phenoxy) is 2. The van der Waals surface area contributed by atoms with Crippen LogP contribution in [0.5, 0.6) is 5.75 Å². The smallest absolute Gasteiger partial charge is 0.306 e. The van der Waals surface area contributed by atoms with E-state index in [1.807, 2.05) is 52.1 Å². The van der Waals surface area contributed by atoms with E-state index in [1.54, 1.807) is 16.6 Å². The Balaban J connectivity index is 1.76. The molecule has 0 spiro atoms. The van der Waals surface area contributed by atoms with E-state index >= 15 is 0 Å². The second-order valence-corrected chi connectivity index (χ2v) is 6.76. The third-order valence-corrected chi connectivity index (χ3v) is 4.67. The second-order valence-electron chi connectivity index (χ2n) is 6.76. The number of aromatic nitrogens is 2. The van der Waals surface area contributed by atoms with Crippen LogP contribution in [0, 0.1) is 13.8 Å². The third kappa shape index (κ3) is 5.84. The number of aryl methyl sites for hydroxylation is 2. The van der Waals surface area contributed by atoms with Crippen LogP contribution in [0.25, 0.3) is 0 Å². The van der Waals surface area contributed by atoms with Crippen molar-refractivity contribution < 1.29 is 19.1 Å². The van der Waals surface area contributed by atoms with Gasteiger partial charge in [-0.3, -0.25) is 14.3 Å². The first kappa shape index (κ1) is 21.5. The number of esters is 1. The van der Waals surface area contributed by atoms with Gasteiger partial charge in [0.05, 0.1) is 12.3 Å². The molecule has 152 valence electrons. The fraction of sp³-hybridized carbons (Fsp3) is 0.476. The lowest BCUT2D eigenvalue weighted by Crippen LogP contribution is -2.30. The van der Waals surface area contributed by atoms with Gasteiger partial charge in [-0.2, -0.15) is 5.10 Å². The average molecular weight is 387 g/mol. The van der Waals surface area contributed by atoms with Crippen LogP contribution in [0.3, 0.4) is 0 Å². The monoisotopic (exact) mass is 387 g/mol. The van der Waals surface area contributed by atoms with Crippen LogP contribution in [0.1, 0.15) is 35.9 Å². The van der Waals surface area contributed by atoms with Gasteiger partial charge in [0.2, 0.25) is 0 Å². The largest absolute Gasteiger partial charge is 0.494 e. The first-order chi connectivity index (χ1) is 13.3. The summed E-state index contributed by atoms with van der Waals surface area (Å²) >= 11 is 0. The topological polar surface area (TPSA) is 73.7 Å². The standard InChI is InChI=1S/C21H29N3O4/c1-6-27-18-9-7-17(8-10-18)13-23(4)20(25)14-28-21(26)12-11-19-15(2)22-24(5)16(19)3/h7-10H,6,11-14H2,1-5H3. The van der Waals surface area contributed by atoms with Crippen LogP contribution in [0.2, 0.25) is 0 Å². The average Bonchev–Trinajstić information content (AvgIpc) is 2.91. The summed E-state index contributed by atoms with van der Waals surface area (Å²) in [5, 5.41) is 4.34. The van der Waals surface area contributed by atoms with Gasteiger partial charge < -0.3 is 14.4 Å². The van der Waals surface area contributed by atoms with Crippen LogP contribution in [0.15, 0.2) is 24.3 Å². The first-order valence-electron chi connectivity index (χ1n) is 9.42. The van der Waals surface area contributed by atoms with E-state index in [-0.39, 0.29) is 24.9 Å². The van der Waals surface area contributed by atoms with Gasteiger partial charge >= 0.3 is 5.97 Å². The molecule has 0 saturated heterocycles. The van der Waals surface area contributed by atoms with Gasteiger partial charge in [-0.25, -0.2) is 0 Å². The highest BCUT2D eigenvalue weighted by Crippen LogP contribution is 2.15. The third-order valence-electron chi connectivity index (χ3n) is 4.67. The molecule has 1 heterocycles. The van der Waals surface area contributed by atoms with Crippen LogP contribution in [-0.4, -0.2) is 46.8 Å². The van der Waals surface area contributed by atoms with Crippen LogP contribution >= 0.6 is 0 Å². The number of benzene rings is 1. The lowest BCUT2D eigenvalue weighted by atomic mass is 10.1. The maximum Gasteiger partial charge on any atom is 0.306 e. The number of hydrogen-bond donors (Lipinski definition) is 0. The molecule has 0 unspecified atom stereocenters. The quantitative estimate of drug-likeness (QED) is 0.618. The van der Waals surface area contributed by atoms with Gasteiger partial charge in [-0.1, -0.05) is 12.1 Å². The van der Waals surface area contributed by atoms with E-state index in [4.69, 9.17) is 9.47 Å². The van der Waals surface area contributed by atoms with Crippen LogP contribution in [0.4, 0.5) is 0 Å². The second kappa shape index (κ2) is 9.92. The maximum absolute atomic E-state index is 12.2. The van der Waals surface area contributed by atoms with Gasteiger partial charge in [0, 0.05) is 32.8 Å². The molecule has 1 amide bonds. The van der Waals surface area contributed by atoms with E-state index in [0.29, 0.717) is 19.6 Å². The number of carbonyl (C=O) groups excluding carboxylic acids is 2. The number of rotatable bonds is 9. The fourth-order valence-electron chi connectivity index (χ4n) is 2.95. The zero-order valence-electron chi connectivity index (χ0n) is 17.3. The molecule has 2 aromatic rings. The molecule has 0 radical (unpaired) electrons. The van der Waals surface area contributed by atoms with Crippen molar-refractivity contribution >= 4 is 11.9 Å². The lowest BCUT2D eigenvalue weighted by molar-refractivity contribution is -0.151. The summed E-state index contributed by atoms with van der Waals surface area (Å²) in [5.41, 5.74) is 3.99. The highest BCUT2D eigenvalue weighted by molar-refractivity contribution is 5.80. The number of likely N-dealkylation sites (N-methyl/N-ethyl adjacent to an activating group) is 1. The van der Waals surface area contributed by atoms with Gasteiger partial charge in [-0.05, 0) is 50.5 Å². The van der Waals surface area contributed by atoms with Gasteiger partial charge in [0.15, 0.2) is 6.61 Å². The Hall–Kier alpha value is -2.83. The van der Waals surface area contributed by atoms with Gasteiger partial charge in [0.1, 0.15) is 5.75 Å². The summed E-state index contributed by atoms with van der Waals surface area (Å²) in [6.07, 6.45) is 0.782. The molecule has 0 fully saturated rings. The Morgan fingerprint density at radius 3 is 2.43 bits per heavy atom. The number of amides is 1. The minimum atomic E-state index is -0.384. The predicted molar refractivity (Wildman–Crippen MR) is 106 cm³/mol. The molecule has 0 aliphatic heterocycles. The summed E-state index contributed by atoms with van der Waals surface area (Å²) in [5.74, 6) is 0.176. The Bertz CT molecular complexity index is 812. The molecule has 0 bridgehead atoms. The SMILES string of the molecule is CCOc1ccc(CN(C)C(=O)COC(=O)CCc2c(C)nn(C)c2C)cc1. The van der Waals surface area contributed by atoms with Crippen molar-refractivity contribution in [2.75, 3.05) is 20.3 Å². The minimum Gasteiger partial charge on any atom is -0.494 e. The van der Waals surface area contributed by atoms with Gasteiger partial charge in [-0.15, -0.1) is 0 Å². The molecule has 0 N–H and O–H groups in total. The van der Waals surface area contributed by atoms with Crippen molar-refractivity contribution in [2.45, 2.75) is 40.2 Å². The van der Waals surface area contributed by atoms with E-state index in [0.717, 1.165) is 28.3 Å². The molecule has 7 nitrogen and oxygen atoms in total. The summed E-state index contributed by atoms with van der Waals surface area (Å²) in [4.78, 5) is 25.8. The number of carbonyl (C=O) groups is 2. The number of nitrogens with zero attached hydrogens (tertiary/aromatic N) is 3. The number of hydrogen-bond acceptors (Lipinski definition) is 5. The molecule has 0 atom stereocenters. The molecule has 0 saturated carbocycles. The summed E-state index contributed by atoms with van der Waals surface area (Å²) in [7, 11) is 3.57. The Kier molecular flexibility index (Phi) is 7.61. The van der Waals surface area contributed by atoms with Crippen molar-refractivity contribution in [1.82, 2.24) is 14.7 Å². The molecule has 1 aromatic heterocycles. The fourth-order valence-corrected chi connectivity index (χ4v) is 2.95. The molecular formula is C21H29N3O4. The van der Waals surface area contributed by atoms with Crippen molar-refractivity contribution in [3.05, 3.63) is 46.8 Å². The molecule has 7 heteroatoms. The zero-order chi connectivity index (χ0) is 20.7. The lowest BCUT2D eigenvalue weighted by Gasteiger charge is -2.17. The van der Waals surface area contributed by atoms with Crippen LogP contribution in [-0.2, 0) is 34.3 Å². The molecule has 0 aliphatic rings. The summed E-state index contributed by atoms with van der Waals surface area (Å²) in [6.45, 7) is 6.63. The molecule has 28 heavy (non-hydrogen) atoms. The summed E-state index contributed by atoms with van der Waals surface area (Å²) < 4.78 is 12.4. The molecule has 2 rings (SSSR count). The van der Waals surface area contributed by atoms with E-state index in [1.165, 1.54) is 0 Å². The van der Waals surface area contributed by atoms with Crippen LogP contribution < -0.4 is 4.74 Å². The van der Waals surface area contributed by atoms with E-state index in [9.17, 15) is 9.59 Å². The Labute approximate surface area is 166 Å². The summed E-state index contributed by atoms with van der Waals surface area (Å²) in [6, 6.07) is 7.58.